The first-order valence-corrected chi connectivity index (χ1v) is 9.67. The van der Waals surface area contributed by atoms with Crippen molar-refractivity contribution < 1.29 is 19.1 Å². The minimum absolute atomic E-state index is 0.305. The average Bonchev–Trinajstić information content (AvgIpc) is 3.38. The van der Waals surface area contributed by atoms with Gasteiger partial charge in [-0.25, -0.2) is 0 Å². The molecule has 1 amide bonds. The summed E-state index contributed by atoms with van der Waals surface area (Å²) in [6.07, 6.45) is 2.16. The lowest BCUT2D eigenvalue weighted by Gasteiger charge is -2.29. The van der Waals surface area contributed by atoms with Crippen molar-refractivity contribution in [2.24, 2.45) is 0 Å². The molecule has 1 saturated heterocycles. The van der Waals surface area contributed by atoms with Crippen LogP contribution in [0, 0.1) is 0 Å². The van der Waals surface area contributed by atoms with Gasteiger partial charge in [-0.1, -0.05) is 6.07 Å². The van der Waals surface area contributed by atoms with Gasteiger partial charge in [0.1, 0.15) is 13.2 Å². The number of nitrogens with zero attached hydrogens (tertiary/aromatic N) is 2. The molecular weight excluding hydrogens is 352 g/mol. The predicted octanol–water partition coefficient (Wildman–Crippen LogP) is 2.84. The van der Waals surface area contributed by atoms with Crippen LogP contribution < -0.4 is 14.4 Å². The van der Waals surface area contributed by atoms with Gasteiger partial charge >= 0.3 is 5.91 Å². The van der Waals surface area contributed by atoms with E-state index in [0.29, 0.717) is 48.7 Å². The second-order valence-corrected chi connectivity index (χ2v) is 7.68. The van der Waals surface area contributed by atoms with Gasteiger partial charge in [0.05, 0.1) is 17.9 Å². The number of benzene rings is 1. The first-order chi connectivity index (χ1) is 12.7. The van der Waals surface area contributed by atoms with Gasteiger partial charge in [-0.15, -0.1) is 11.3 Å². The van der Waals surface area contributed by atoms with Crippen molar-refractivity contribution in [3.05, 3.63) is 40.1 Å². The van der Waals surface area contributed by atoms with Gasteiger partial charge in [-0.3, -0.25) is 19.4 Å². The molecular formula is C19H18N2O4S. The fourth-order valence-corrected chi connectivity index (χ4v) is 4.85. The topological polar surface area (TPSA) is 59.1 Å². The highest BCUT2D eigenvalue weighted by Crippen LogP contribution is 2.42. The second-order valence-electron chi connectivity index (χ2n) is 6.70. The summed E-state index contributed by atoms with van der Waals surface area (Å²) in [5.74, 6) is 0.192. The molecule has 0 N–H and O–H groups in total. The first kappa shape index (κ1) is 15.8. The maximum Gasteiger partial charge on any atom is 0.300 e. The quantitative estimate of drug-likeness (QED) is 0.778. The van der Waals surface area contributed by atoms with Crippen LogP contribution in [-0.2, 0) is 4.79 Å². The summed E-state index contributed by atoms with van der Waals surface area (Å²) >= 11 is 1.74. The molecule has 7 heteroatoms. The summed E-state index contributed by atoms with van der Waals surface area (Å²) in [7, 11) is 0. The Labute approximate surface area is 154 Å². The van der Waals surface area contributed by atoms with Crippen LogP contribution in [0.25, 0.3) is 0 Å². The number of thiophene rings is 1. The van der Waals surface area contributed by atoms with E-state index in [9.17, 15) is 9.59 Å². The highest BCUT2D eigenvalue weighted by Gasteiger charge is 2.40. The number of ketones is 1. The largest absolute Gasteiger partial charge is 0.486 e. The Morgan fingerprint density at radius 1 is 1.15 bits per heavy atom. The number of fused-ring (bicyclic) bond motifs is 2. The van der Waals surface area contributed by atoms with Gasteiger partial charge in [-0.05, 0) is 30.4 Å². The molecule has 134 valence electrons. The lowest BCUT2D eigenvalue weighted by atomic mass is 10.1. The number of carbonyl (C=O) groups excluding carboxylic acids is 2. The summed E-state index contributed by atoms with van der Waals surface area (Å²) in [6, 6.07) is 7.91. The van der Waals surface area contributed by atoms with Gasteiger partial charge in [0.15, 0.2) is 11.5 Å². The molecule has 0 bridgehead atoms. The zero-order valence-corrected chi connectivity index (χ0v) is 15.0. The lowest BCUT2D eigenvalue weighted by molar-refractivity contribution is -0.114. The molecule has 3 aliphatic rings. The monoisotopic (exact) mass is 370 g/mol. The Balaban J connectivity index is 1.47. The van der Waals surface area contributed by atoms with Crippen molar-refractivity contribution >= 4 is 28.7 Å². The predicted molar refractivity (Wildman–Crippen MR) is 97.1 cm³/mol. The number of Topliss-reactive ketones (excluding diaryl/α,β-unsaturated/α-hetero) is 1. The fourth-order valence-electron chi connectivity index (χ4n) is 3.95. The van der Waals surface area contributed by atoms with Crippen LogP contribution in [0.5, 0.6) is 11.5 Å². The Morgan fingerprint density at radius 3 is 2.73 bits per heavy atom. The number of anilines is 1. The molecule has 0 aliphatic carbocycles. The van der Waals surface area contributed by atoms with E-state index in [1.807, 2.05) is 0 Å². The van der Waals surface area contributed by atoms with Crippen LogP contribution in [0.1, 0.15) is 34.1 Å². The molecule has 5 rings (SSSR count). The van der Waals surface area contributed by atoms with E-state index in [-0.39, 0.29) is 0 Å². The van der Waals surface area contributed by atoms with E-state index in [4.69, 9.17) is 9.47 Å². The number of hydrogen-bond acceptors (Lipinski definition) is 6. The number of hydrogen-bond donors (Lipinski definition) is 0. The van der Waals surface area contributed by atoms with Gasteiger partial charge in [0, 0.05) is 23.5 Å². The van der Waals surface area contributed by atoms with E-state index < -0.39 is 11.7 Å². The maximum absolute atomic E-state index is 12.6. The molecule has 1 fully saturated rings. The normalized spacial score (nSPS) is 22.2. The molecule has 1 atom stereocenters. The zero-order chi connectivity index (χ0) is 17.7. The Morgan fingerprint density at radius 2 is 1.96 bits per heavy atom. The van der Waals surface area contributed by atoms with Crippen LogP contribution in [-0.4, -0.2) is 43.0 Å². The van der Waals surface area contributed by atoms with E-state index in [2.05, 4.69) is 22.4 Å². The van der Waals surface area contributed by atoms with Crippen molar-refractivity contribution in [1.82, 2.24) is 4.90 Å². The van der Waals surface area contributed by atoms with Crippen LogP contribution in [0.15, 0.2) is 29.6 Å². The molecule has 1 aromatic carbocycles. The number of carbonyl (C=O) groups is 2. The smallest absolute Gasteiger partial charge is 0.300 e. The molecule has 6 nitrogen and oxygen atoms in total. The number of amides is 1. The highest BCUT2D eigenvalue weighted by atomic mass is 32.1. The van der Waals surface area contributed by atoms with Crippen molar-refractivity contribution in [1.29, 1.82) is 0 Å². The third-order valence-corrected chi connectivity index (χ3v) is 6.17. The van der Waals surface area contributed by atoms with Crippen molar-refractivity contribution in [3.8, 4) is 11.5 Å². The van der Waals surface area contributed by atoms with E-state index in [0.717, 1.165) is 19.4 Å². The van der Waals surface area contributed by atoms with Gasteiger partial charge in [0.2, 0.25) is 0 Å². The zero-order valence-electron chi connectivity index (χ0n) is 14.1. The third kappa shape index (κ3) is 2.42. The van der Waals surface area contributed by atoms with Gasteiger partial charge < -0.3 is 9.47 Å². The summed E-state index contributed by atoms with van der Waals surface area (Å²) < 4.78 is 11.2. The molecule has 26 heavy (non-hydrogen) atoms. The fraction of sp³-hybridized carbons (Fsp3) is 0.368. The Bertz CT molecular complexity index is 880. The first-order valence-electron chi connectivity index (χ1n) is 8.79. The summed E-state index contributed by atoms with van der Waals surface area (Å²) in [5.41, 5.74) is 1.03. The molecule has 4 heterocycles. The Kier molecular flexibility index (Phi) is 3.72. The molecule has 1 aromatic heterocycles. The number of rotatable bonds is 3. The van der Waals surface area contributed by atoms with Crippen LogP contribution in [0.2, 0.25) is 0 Å². The summed E-state index contributed by atoms with van der Waals surface area (Å²) in [5, 5.41) is 2.08. The van der Waals surface area contributed by atoms with Crippen LogP contribution >= 0.6 is 11.3 Å². The average molecular weight is 370 g/mol. The van der Waals surface area contributed by atoms with E-state index in [1.165, 1.54) is 4.88 Å². The molecule has 3 aliphatic heterocycles. The van der Waals surface area contributed by atoms with Crippen molar-refractivity contribution in [2.45, 2.75) is 18.9 Å². The lowest BCUT2D eigenvalue weighted by Crippen LogP contribution is -2.40. The second kappa shape index (κ2) is 6.10. The Hall–Kier alpha value is -2.38. The molecule has 0 spiro atoms. The summed E-state index contributed by atoms with van der Waals surface area (Å²) in [4.78, 5) is 30.3. The standard InChI is InChI=1S/C19H18N2O4S/c22-18-12-9-15-16(25-7-6-24-15)10-14(12)21(19(18)23)11-20-5-1-3-13(20)17-4-2-8-26-17/h2,4,8-10,13H,1,3,5-7,11H2/t13-/m1/s1. The minimum atomic E-state index is -0.473. The van der Waals surface area contributed by atoms with E-state index in [1.54, 1.807) is 28.4 Å². The number of likely N-dealkylation sites (tertiary alicyclic amines) is 1. The van der Waals surface area contributed by atoms with Crippen LogP contribution in [0.3, 0.4) is 0 Å². The SMILES string of the molecule is O=C1C(=O)N(CN2CCC[C@@H]2c2cccs2)c2cc3c(cc21)OCCO3. The maximum atomic E-state index is 12.6. The highest BCUT2D eigenvalue weighted by molar-refractivity contribution is 7.10. The van der Waals surface area contributed by atoms with E-state index >= 15 is 0 Å². The molecule has 0 unspecified atom stereocenters. The van der Waals surface area contributed by atoms with Crippen molar-refractivity contribution in [2.75, 3.05) is 31.3 Å². The third-order valence-electron chi connectivity index (χ3n) is 5.19. The van der Waals surface area contributed by atoms with Crippen LogP contribution in [0.4, 0.5) is 5.69 Å². The van der Waals surface area contributed by atoms with Crippen molar-refractivity contribution in [3.63, 3.8) is 0 Å². The summed E-state index contributed by atoms with van der Waals surface area (Å²) in [6.45, 7) is 2.26. The van der Waals surface area contributed by atoms with Gasteiger partial charge in [0.25, 0.3) is 5.78 Å². The molecule has 2 aromatic rings. The molecule has 0 saturated carbocycles. The minimum Gasteiger partial charge on any atom is -0.486 e. The van der Waals surface area contributed by atoms with Gasteiger partial charge in [-0.2, -0.15) is 0 Å². The molecule has 0 radical (unpaired) electrons. The number of ether oxygens (including phenoxy) is 2.